The number of hydrogen-bond donors (Lipinski definition) is 2. The molecule has 0 aliphatic heterocycles. The van der Waals surface area contributed by atoms with Crippen molar-refractivity contribution >= 4 is 45.9 Å². The monoisotopic (exact) mass is 369 g/mol. The lowest BCUT2D eigenvalue weighted by atomic mass is 10.2. The standard InChI is InChI=1S/C18H15N3O2S2/c22-16(11-4-5-11)19-13-2-1-3-14(8-13)20-17(23)15-10-25-18(21-15)12-6-7-24-9-12/h1-3,6-11H,4-5H2,(H,19,22)(H,20,23). The van der Waals surface area contributed by atoms with Crippen molar-refractivity contribution in [2.24, 2.45) is 5.92 Å². The second-order valence-electron chi connectivity index (χ2n) is 5.85. The van der Waals surface area contributed by atoms with Gasteiger partial charge in [0.25, 0.3) is 5.91 Å². The van der Waals surface area contributed by atoms with Gasteiger partial charge in [-0.25, -0.2) is 4.98 Å². The lowest BCUT2D eigenvalue weighted by Crippen LogP contribution is -2.15. The molecule has 2 amide bonds. The number of amides is 2. The highest BCUT2D eigenvalue weighted by molar-refractivity contribution is 7.14. The molecule has 1 aromatic carbocycles. The van der Waals surface area contributed by atoms with E-state index in [1.165, 1.54) is 11.3 Å². The first-order valence-corrected chi connectivity index (χ1v) is 9.72. The number of nitrogens with one attached hydrogen (secondary N) is 2. The lowest BCUT2D eigenvalue weighted by molar-refractivity contribution is -0.117. The van der Waals surface area contributed by atoms with Crippen molar-refractivity contribution in [2.45, 2.75) is 12.8 Å². The van der Waals surface area contributed by atoms with Crippen molar-refractivity contribution < 1.29 is 9.59 Å². The average Bonchev–Trinajstić information content (AvgIpc) is 3.10. The van der Waals surface area contributed by atoms with Crippen LogP contribution in [0.2, 0.25) is 0 Å². The maximum Gasteiger partial charge on any atom is 0.275 e. The molecule has 4 rings (SSSR count). The molecule has 7 heteroatoms. The van der Waals surface area contributed by atoms with Gasteiger partial charge in [0, 0.05) is 33.6 Å². The van der Waals surface area contributed by atoms with Crippen molar-refractivity contribution in [1.82, 2.24) is 4.98 Å². The van der Waals surface area contributed by atoms with Gasteiger partial charge in [-0.15, -0.1) is 11.3 Å². The molecule has 2 N–H and O–H groups in total. The Balaban J connectivity index is 1.44. The van der Waals surface area contributed by atoms with E-state index in [1.807, 2.05) is 22.9 Å². The topological polar surface area (TPSA) is 71.1 Å². The van der Waals surface area contributed by atoms with Crippen LogP contribution in [-0.4, -0.2) is 16.8 Å². The number of thiazole rings is 1. The Morgan fingerprint density at radius 1 is 1.08 bits per heavy atom. The largest absolute Gasteiger partial charge is 0.326 e. The van der Waals surface area contributed by atoms with Gasteiger partial charge in [-0.05, 0) is 42.5 Å². The number of aromatic nitrogens is 1. The van der Waals surface area contributed by atoms with Gasteiger partial charge in [0.2, 0.25) is 5.91 Å². The smallest absolute Gasteiger partial charge is 0.275 e. The molecule has 1 saturated carbocycles. The first-order valence-electron chi connectivity index (χ1n) is 7.89. The summed E-state index contributed by atoms with van der Waals surface area (Å²) < 4.78 is 0. The fourth-order valence-electron chi connectivity index (χ4n) is 2.36. The maximum absolute atomic E-state index is 12.4. The van der Waals surface area contributed by atoms with E-state index in [0.717, 1.165) is 23.4 Å². The highest BCUT2D eigenvalue weighted by atomic mass is 32.1. The third-order valence-electron chi connectivity index (χ3n) is 3.84. The molecule has 25 heavy (non-hydrogen) atoms. The zero-order valence-electron chi connectivity index (χ0n) is 13.2. The fourth-order valence-corrected chi connectivity index (χ4v) is 3.87. The lowest BCUT2D eigenvalue weighted by Gasteiger charge is -2.07. The average molecular weight is 369 g/mol. The molecule has 2 heterocycles. The van der Waals surface area contributed by atoms with Crippen molar-refractivity contribution in [3.8, 4) is 10.6 Å². The summed E-state index contributed by atoms with van der Waals surface area (Å²) in [5.41, 5.74) is 2.73. The number of thiophene rings is 1. The minimum Gasteiger partial charge on any atom is -0.326 e. The summed E-state index contributed by atoms with van der Waals surface area (Å²) >= 11 is 3.04. The number of nitrogens with zero attached hydrogens (tertiary/aromatic N) is 1. The molecule has 1 aliphatic rings. The van der Waals surface area contributed by atoms with Crippen molar-refractivity contribution in [1.29, 1.82) is 0 Å². The minimum absolute atomic E-state index is 0.0448. The summed E-state index contributed by atoms with van der Waals surface area (Å²) in [6.07, 6.45) is 1.91. The fraction of sp³-hybridized carbons (Fsp3) is 0.167. The Labute approximate surface area is 152 Å². The first-order chi connectivity index (χ1) is 12.2. The highest BCUT2D eigenvalue weighted by Gasteiger charge is 2.29. The molecule has 1 aliphatic carbocycles. The zero-order chi connectivity index (χ0) is 17.2. The quantitative estimate of drug-likeness (QED) is 0.697. The van der Waals surface area contributed by atoms with Gasteiger partial charge in [0.1, 0.15) is 10.7 Å². The van der Waals surface area contributed by atoms with E-state index in [4.69, 9.17) is 0 Å². The zero-order valence-corrected chi connectivity index (χ0v) is 14.8. The molecular weight excluding hydrogens is 354 g/mol. The third kappa shape index (κ3) is 3.78. The minimum atomic E-state index is -0.261. The summed E-state index contributed by atoms with van der Waals surface area (Å²) in [6, 6.07) is 9.14. The molecule has 0 spiro atoms. The second-order valence-corrected chi connectivity index (χ2v) is 7.49. The van der Waals surface area contributed by atoms with Crippen LogP contribution in [0.25, 0.3) is 10.6 Å². The van der Waals surface area contributed by atoms with Gasteiger partial charge in [-0.2, -0.15) is 11.3 Å². The molecule has 5 nitrogen and oxygen atoms in total. The Hall–Kier alpha value is -2.51. The molecule has 1 fully saturated rings. The normalized spacial score (nSPS) is 13.4. The number of carbonyl (C=O) groups is 2. The van der Waals surface area contributed by atoms with E-state index in [0.29, 0.717) is 17.1 Å². The number of anilines is 2. The Morgan fingerprint density at radius 3 is 2.60 bits per heavy atom. The van der Waals surface area contributed by atoms with Crippen LogP contribution in [0.3, 0.4) is 0 Å². The maximum atomic E-state index is 12.4. The predicted molar refractivity (Wildman–Crippen MR) is 101 cm³/mol. The van der Waals surface area contributed by atoms with Crippen molar-refractivity contribution in [3.63, 3.8) is 0 Å². The summed E-state index contributed by atoms with van der Waals surface area (Å²) in [6.45, 7) is 0. The third-order valence-corrected chi connectivity index (χ3v) is 5.42. The summed E-state index contributed by atoms with van der Waals surface area (Å²) in [5.74, 6) is -0.0736. The molecule has 0 bridgehead atoms. The van der Waals surface area contributed by atoms with Crippen LogP contribution in [0.1, 0.15) is 23.3 Å². The van der Waals surface area contributed by atoms with Crippen molar-refractivity contribution in [3.05, 3.63) is 52.2 Å². The molecule has 3 aromatic rings. The van der Waals surface area contributed by atoms with E-state index in [-0.39, 0.29) is 17.7 Å². The van der Waals surface area contributed by atoms with E-state index < -0.39 is 0 Å². The van der Waals surface area contributed by atoms with E-state index in [9.17, 15) is 9.59 Å². The molecule has 126 valence electrons. The SMILES string of the molecule is O=C(Nc1cccc(NC(=O)C2CC2)c1)c1csc(-c2ccsc2)n1. The van der Waals surface area contributed by atoms with Crippen LogP contribution >= 0.6 is 22.7 Å². The summed E-state index contributed by atoms with van der Waals surface area (Å²) in [4.78, 5) is 28.6. The Bertz CT molecular complexity index is 914. The molecule has 0 atom stereocenters. The molecule has 2 aromatic heterocycles. The molecule has 0 unspecified atom stereocenters. The van der Waals surface area contributed by atoms with Crippen LogP contribution in [0.15, 0.2) is 46.5 Å². The summed E-state index contributed by atoms with van der Waals surface area (Å²) in [5, 5.41) is 12.3. The number of benzene rings is 1. The van der Waals surface area contributed by atoms with Crippen LogP contribution in [0.5, 0.6) is 0 Å². The van der Waals surface area contributed by atoms with Crippen LogP contribution < -0.4 is 10.6 Å². The van der Waals surface area contributed by atoms with Crippen LogP contribution in [-0.2, 0) is 4.79 Å². The van der Waals surface area contributed by atoms with Gasteiger partial charge in [0.15, 0.2) is 0 Å². The number of hydrogen-bond acceptors (Lipinski definition) is 5. The Morgan fingerprint density at radius 2 is 1.88 bits per heavy atom. The van der Waals surface area contributed by atoms with Crippen LogP contribution in [0, 0.1) is 5.92 Å². The number of rotatable bonds is 5. The van der Waals surface area contributed by atoms with Gasteiger partial charge < -0.3 is 10.6 Å². The van der Waals surface area contributed by atoms with Gasteiger partial charge in [-0.1, -0.05) is 6.07 Å². The second kappa shape index (κ2) is 6.78. The van der Waals surface area contributed by atoms with E-state index >= 15 is 0 Å². The first kappa shape index (κ1) is 16.0. The highest BCUT2D eigenvalue weighted by Crippen LogP contribution is 2.30. The van der Waals surface area contributed by atoms with Gasteiger partial charge in [0.05, 0.1) is 0 Å². The Kier molecular flexibility index (Phi) is 4.33. The van der Waals surface area contributed by atoms with Crippen molar-refractivity contribution in [2.75, 3.05) is 10.6 Å². The van der Waals surface area contributed by atoms with E-state index in [1.54, 1.807) is 34.9 Å². The molecule has 0 saturated heterocycles. The summed E-state index contributed by atoms with van der Waals surface area (Å²) in [7, 11) is 0. The molecule has 0 radical (unpaired) electrons. The molecular formula is C18H15N3O2S2. The van der Waals surface area contributed by atoms with Crippen LogP contribution in [0.4, 0.5) is 11.4 Å². The number of carbonyl (C=O) groups excluding carboxylic acids is 2. The van der Waals surface area contributed by atoms with Gasteiger partial charge >= 0.3 is 0 Å². The van der Waals surface area contributed by atoms with Gasteiger partial charge in [-0.3, -0.25) is 9.59 Å². The predicted octanol–water partition coefficient (Wildman–Crippen LogP) is 4.47. The van der Waals surface area contributed by atoms with E-state index in [2.05, 4.69) is 15.6 Å².